The molecule has 0 aliphatic rings. The molecule has 12 heavy (non-hydrogen) atoms. The van der Waals surface area contributed by atoms with Gasteiger partial charge in [0, 0.05) is 0 Å². The molecule has 0 aliphatic heterocycles. The summed E-state index contributed by atoms with van der Waals surface area (Å²) < 4.78 is 14.9. The summed E-state index contributed by atoms with van der Waals surface area (Å²) in [5.74, 6) is 1.89. The van der Waals surface area contributed by atoms with Crippen LogP contribution in [0.15, 0.2) is 0 Å². The standard InChI is InChI=1S/C6H12NO3PS/c1-12(2,3)10-6(8)4-7-5-11-9/h7H,4H2,1-3H3. The van der Waals surface area contributed by atoms with Gasteiger partial charge in [0.25, 0.3) is 0 Å². The van der Waals surface area contributed by atoms with Crippen LogP contribution in [0.1, 0.15) is 0 Å². The van der Waals surface area contributed by atoms with Gasteiger partial charge in [0.2, 0.25) is 0 Å². The van der Waals surface area contributed by atoms with Crippen molar-refractivity contribution in [3.05, 3.63) is 0 Å². The number of hydrogen-bond acceptors (Lipinski definition) is 4. The molecule has 0 spiro atoms. The van der Waals surface area contributed by atoms with Crippen LogP contribution in [0.3, 0.4) is 0 Å². The summed E-state index contributed by atoms with van der Waals surface area (Å²) in [4.78, 5) is 10.9. The van der Waals surface area contributed by atoms with E-state index in [9.17, 15) is 9.36 Å². The first-order chi connectivity index (χ1) is 5.45. The first kappa shape index (κ1) is 11.8. The van der Waals surface area contributed by atoms with Crippen LogP contribution in [0.5, 0.6) is 0 Å². The topological polar surface area (TPSA) is 55.4 Å². The first-order valence-corrected chi connectivity index (χ1v) is 6.76. The van der Waals surface area contributed by atoms with Gasteiger partial charge in [0.1, 0.15) is 0 Å². The molecule has 0 aromatic rings. The molecule has 0 rings (SSSR count). The van der Waals surface area contributed by atoms with Crippen LogP contribution >= 0.6 is 18.2 Å². The van der Waals surface area contributed by atoms with Gasteiger partial charge in [-0.15, -0.1) is 0 Å². The van der Waals surface area contributed by atoms with Gasteiger partial charge in [0.15, 0.2) is 0 Å². The molecule has 0 aromatic heterocycles. The van der Waals surface area contributed by atoms with Gasteiger partial charge >= 0.3 is 74.1 Å². The van der Waals surface area contributed by atoms with Crippen LogP contribution in [-0.4, -0.2) is 31.3 Å². The SMILES string of the molecule is CS(C)(C)OC(=O)CNC#P=O. The fourth-order valence-electron chi connectivity index (χ4n) is 0.452. The Labute approximate surface area is 74.7 Å². The fourth-order valence-corrected chi connectivity index (χ4v) is 1.21. The molecule has 1 N–H and O–H groups in total. The van der Waals surface area contributed by atoms with Crippen molar-refractivity contribution in [2.75, 3.05) is 25.3 Å². The maximum atomic E-state index is 10.9. The molecular formula is C6H12NO3PS. The molecule has 6 heteroatoms. The van der Waals surface area contributed by atoms with Crippen LogP contribution in [0.25, 0.3) is 0 Å². The molecule has 0 aliphatic carbocycles. The average Bonchev–Trinajstić information content (AvgIpc) is 1.84. The van der Waals surface area contributed by atoms with Gasteiger partial charge < -0.3 is 0 Å². The Morgan fingerprint density at radius 3 is 2.58 bits per heavy atom. The van der Waals surface area contributed by atoms with Crippen molar-refractivity contribution in [3.8, 4) is 5.75 Å². The van der Waals surface area contributed by atoms with Crippen molar-refractivity contribution in [2.45, 2.75) is 0 Å². The van der Waals surface area contributed by atoms with E-state index in [4.69, 9.17) is 4.18 Å². The molecule has 0 radical (unpaired) electrons. The van der Waals surface area contributed by atoms with Crippen LogP contribution in [0.4, 0.5) is 0 Å². The normalized spacial score (nSPS) is 11.6. The minimum absolute atomic E-state index is 0.0134. The predicted octanol–water partition coefficient (Wildman–Crippen LogP) is 0.937. The Morgan fingerprint density at radius 1 is 1.58 bits per heavy atom. The molecule has 0 fully saturated rings. The molecular weight excluding hydrogens is 197 g/mol. The van der Waals surface area contributed by atoms with Crippen molar-refractivity contribution in [3.63, 3.8) is 0 Å². The molecule has 0 saturated carbocycles. The Morgan fingerprint density at radius 2 is 2.17 bits per heavy atom. The van der Waals surface area contributed by atoms with E-state index in [-0.39, 0.29) is 20.4 Å². The summed E-state index contributed by atoms with van der Waals surface area (Å²) in [6, 6.07) is 0. The van der Waals surface area contributed by atoms with Gasteiger partial charge in [-0.05, 0) is 0 Å². The number of hydrogen-bond donors (Lipinski definition) is 1. The molecule has 70 valence electrons. The number of carbonyl (C=O) groups excluding carboxylic acids is 1. The minimum atomic E-state index is -1.26. The van der Waals surface area contributed by atoms with E-state index in [1.165, 1.54) is 0 Å². The third-order valence-corrected chi connectivity index (χ3v) is 1.64. The van der Waals surface area contributed by atoms with Crippen LogP contribution < -0.4 is 5.32 Å². The summed E-state index contributed by atoms with van der Waals surface area (Å²) in [6.07, 6.45) is 5.60. The summed E-state index contributed by atoms with van der Waals surface area (Å²) in [5, 5.41) is 2.42. The summed E-state index contributed by atoms with van der Waals surface area (Å²) in [6.45, 7) is 0.0134. The molecule has 4 nitrogen and oxygen atoms in total. The Balaban J connectivity index is 3.73. The Bertz CT molecular complexity index is 253. The molecule has 0 saturated heterocycles. The number of nitrogens with one attached hydrogen (secondary N) is 1. The number of rotatable bonds is 3. The molecule has 0 amide bonds. The van der Waals surface area contributed by atoms with E-state index < -0.39 is 10.3 Å². The summed E-state index contributed by atoms with van der Waals surface area (Å²) >= 11 is 0. The van der Waals surface area contributed by atoms with E-state index in [1.807, 2.05) is 18.8 Å². The zero-order valence-electron chi connectivity index (χ0n) is 7.29. The zero-order valence-corrected chi connectivity index (χ0v) is 9.00. The molecule has 0 bridgehead atoms. The zero-order chi connectivity index (χ0) is 9.61. The van der Waals surface area contributed by atoms with Crippen molar-refractivity contribution < 1.29 is 13.5 Å². The third-order valence-electron chi connectivity index (χ3n) is 0.700. The van der Waals surface area contributed by atoms with Crippen molar-refractivity contribution in [1.29, 1.82) is 0 Å². The van der Waals surface area contributed by atoms with E-state index >= 15 is 0 Å². The quantitative estimate of drug-likeness (QED) is 0.555. The molecule has 0 heterocycles. The van der Waals surface area contributed by atoms with Gasteiger partial charge in [-0.2, -0.15) is 0 Å². The van der Waals surface area contributed by atoms with Crippen LogP contribution in [0, 0.1) is 5.75 Å². The van der Waals surface area contributed by atoms with Crippen molar-refractivity contribution in [2.24, 2.45) is 0 Å². The maximum absolute atomic E-state index is 10.9. The van der Waals surface area contributed by atoms with E-state index in [1.54, 1.807) is 0 Å². The molecule has 0 unspecified atom stereocenters. The Hall–Kier alpha value is -0.210. The molecule has 0 aromatic carbocycles. The third kappa shape index (κ3) is 7.89. The second-order valence-electron chi connectivity index (χ2n) is 2.74. The summed E-state index contributed by atoms with van der Waals surface area (Å²) in [5.41, 5.74) is 0. The van der Waals surface area contributed by atoms with Crippen molar-refractivity contribution >= 4 is 24.2 Å². The van der Waals surface area contributed by atoms with Gasteiger partial charge in [-0.25, -0.2) is 0 Å². The van der Waals surface area contributed by atoms with Crippen LogP contribution in [-0.2, 0) is 13.5 Å². The van der Waals surface area contributed by atoms with Gasteiger partial charge in [0.05, 0.1) is 0 Å². The molecule has 0 atom stereocenters. The summed E-state index contributed by atoms with van der Waals surface area (Å²) in [7, 11) is -1.52. The predicted molar refractivity (Wildman–Crippen MR) is 51.0 cm³/mol. The van der Waals surface area contributed by atoms with Crippen molar-refractivity contribution in [1.82, 2.24) is 5.32 Å². The van der Waals surface area contributed by atoms with E-state index in [0.29, 0.717) is 0 Å². The second-order valence-corrected chi connectivity index (χ2v) is 6.76. The number of carbonyl (C=O) groups is 1. The van der Waals surface area contributed by atoms with E-state index in [2.05, 4.69) is 11.1 Å². The monoisotopic (exact) mass is 209 g/mol. The van der Waals surface area contributed by atoms with E-state index in [0.717, 1.165) is 0 Å². The van der Waals surface area contributed by atoms with Gasteiger partial charge in [-0.3, -0.25) is 0 Å². The fraction of sp³-hybridized carbons (Fsp3) is 0.667. The van der Waals surface area contributed by atoms with Crippen LogP contribution in [0.2, 0.25) is 0 Å². The first-order valence-electron chi connectivity index (χ1n) is 3.16. The second kappa shape index (κ2) is 5.44. The van der Waals surface area contributed by atoms with Gasteiger partial charge in [-0.1, -0.05) is 0 Å². The average molecular weight is 209 g/mol. The Kier molecular flexibility index (Phi) is 5.34.